The molecular formula is C21H25NO2S. The lowest BCUT2D eigenvalue weighted by Crippen LogP contribution is -2.40. The van der Waals surface area contributed by atoms with E-state index >= 15 is 0 Å². The average molecular weight is 356 g/mol. The van der Waals surface area contributed by atoms with Gasteiger partial charge in [0.2, 0.25) is 0 Å². The summed E-state index contributed by atoms with van der Waals surface area (Å²) in [5.41, 5.74) is 4.63. The van der Waals surface area contributed by atoms with Gasteiger partial charge in [0, 0.05) is 17.7 Å². The fraction of sp³-hybridized carbons (Fsp3) is 0.381. The highest BCUT2D eigenvalue weighted by Gasteiger charge is 2.35. The van der Waals surface area contributed by atoms with Crippen molar-refractivity contribution in [2.75, 3.05) is 5.32 Å². The lowest BCUT2D eigenvalue weighted by Gasteiger charge is -2.38. The first-order chi connectivity index (χ1) is 11.8. The van der Waals surface area contributed by atoms with Crippen molar-refractivity contribution in [3.8, 4) is 11.5 Å². The molecule has 2 aromatic rings. The largest absolute Gasteiger partial charge is 0.507 e. The van der Waals surface area contributed by atoms with Crippen LogP contribution in [0, 0.1) is 20.8 Å². The van der Waals surface area contributed by atoms with Gasteiger partial charge in [-0.2, -0.15) is 0 Å². The van der Waals surface area contributed by atoms with Crippen LogP contribution in [-0.2, 0) is 6.42 Å². The van der Waals surface area contributed by atoms with E-state index in [0.29, 0.717) is 12.2 Å². The first-order valence-corrected chi connectivity index (χ1v) is 9.07. The summed E-state index contributed by atoms with van der Waals surface area (Å²) in [6.07, 6.45) is 2.43. The van der Waals surface area contributed by atoms with Crippen molar-refractivity contribution in [3.63, 3.8) is 0 Å². The van der Waals surface area contributed by atoms with Crippen molar-refractivity contribution in [1.82, 2.24) is 0 Å². The summed E-state index contributed by atoms with van der Waals surface area (Å²) in [4.78, 5) is 0.780. The maximum absolute atomic E-state index is 10.3. The number of fused-ring (bicyclic) bond motifs is 1. The molecule has 132 valence electrons. The maximum atomic E-state index is 10.3. The SMILES string of the molecule is Cc1c(C)c2c(c(C)c1O)CCC(C)(CC(=S)Nc1ccccc1)O2. The first kappa shape index (κ1) is 17.7. The molecular weight excluding hydrogens is 330 g/mol. The Hall–Kier alpha value is -2.07. The zero-order chi connectivity index (χ0) is 18.2. The van der Waals surface area contributed by atoms with E-state index < -0.39 is 0 Å². The minimum absolute atomic E-state index is 0.341. The van der Waals surface area contributed by atoms with Crippen LogP contribution in [0.15, 0.2) is 30.3 Å². The topological polar surface area (TPSA) is 41.5 Å². The van der Waals surface area contributed by atoms with E-state index in [1.54, 1.807) is 0 Å². The number of benzene rings is 2. The molecule has 1 heterocycles. The number of aromatic hydroxyl groups is 1. The maximum Gasteiger partial charge on any atom is 0.127 e. The number of nitrogens with one attached hydrogen (secondary N) is 1. The summed E-state index contributed by atoms with van der Waals surface area (Å²) < 4.78 is 6.44. The number of phenols is 1. The third kappa shape index (κ3) is 3.49. The number of hydrogen-bond donors (Lipinski definition) is 2. The van der Waals surface area contributed by atoms with Gasteiger partial charge in [-0.25, -0.2) is 0 Å². The Morgan fingerprint density at radius 3 is 2.52 bits per heavy atom. The molecule has 3 nitrogen and oxygen atoms in total. The molecule has 25 heavy (non-hydrogen) atoms. The van der Waals surface area contributed by atoms with Gasteiger partial charge in [0.1, 0.15) is 17.1 Å². The van der Waals surface area contributed by atoms with E-state index in [9.17, 15) is 5.11 Å². The number of para-hydroxylation sites is 1. The summed E-state index contributed by atoms with van der Waals surface area (Å²) in [5.74, 6) is 1.31. The monoisotopic (exact) mass is 355 g/mol. The molecule has 0 spiro atoms. The van der Waals surface area contributed by atoms with Gasteiger partial charge in [0.05, 0.1) is 4.99 Å². The Labute approximate surface area is 155 Å². The molecule has 1 aliphatic rings. The molecule has 4 heteroatoms. The van der Waals surface area contributed by atoms with Crippen molar-refractivity contribution in [3.05, 3.63) is 52.6 Å². The van der Waals surface area contributed by atoms with Crippen LogP contribution in [0.5, 0.6) is 11.5 Å². The normalized spacial score (nSPS) is 19.0. The zero-order valence-electron chi connectivity index (χ0n) is 15.3. The fourth-order valence-electron chi connectivity index (χ4n) is 3.49. The van der Waals surface area contributed by atoms with Crippen LogP contribution in [0.3, 0.4) is 0 Å². The third-order valence-corrected chi connectivity index (χ3v) is 5.43. The molecule has 0 saturated heterocycles. The van der Waals surface area contributed by atoms with Crippen molar-refractivity contribution in [2.45, 2.75) is 52.6 Å². The van der Waals surface area contributed by atoms with E-state index in [4.69, 9.17) is 17.0 Å². The summed E-state index contributed by atoms with van der Waals surface area (Å²) in [6.45, 7) is 8.04. The summed E-state index contributed by atoms with van der Waals surface area (Å²) in [5, 5.41) is 13.6. The molecule has 2 N–H and O–H groups in total. The molecule has 0 fully saturated rings. The first-order valence-electron chi connectivity index (χ1n) is 8.66. The second kappa shape index (κ2) is 6.68. The van der Waals surface area contributed by atoms with Crippen LogP contribution < -0.4 is 10.1 Å². The van der Waals surface area contributed by atoms with Gasteiger partial charge in [-0.1, -0.05) is 30.4 Å². The Bertz CT molecular complexity index is 817. The molecule has 3 rings (SSSR count). The highest BCUT2D eigenvalue weighted by Crippen LogP contribution is 2.44. The molecule has 0 aliphatic carbocycles. The van der Waals surface area contributed by atoms with Crippen molar-refractivity contribution in [1.29, 1.82) is 0 Å². The van der Waals surface area contributed by atoms with Crippen LogP contribution in [0.1, 0.15) is 42.0 Å². The third-order valence-electron chi connectivity index (χ3n) is 5.18. The number of hydrogen-bond acceptors (Lipinski definition) is 3. The van der Waals surface area contributed by atoms with Gasteiger partial charge in [-0.15, -0.1) is 0 Å². The molecule has 0 radical (unpaired) electrons. The van der Waals surface area contributed by atoms with Crippen LogP contribution in [0.4, 0.5) is 5.69 Å². The smallest absolute Gasteiger partial charge is 0.127 e. The molecule has 0 bridgehead atoms. The van der Waals surface area contributed by atoms with Crippen LogP contribution >= 0.6 is 12.2 Å². The lowest BCUT2D eigenvalue weighted by molar-refractivity contribution is 0.0716. The standard InChI is InChI=1S/C21H25NO2S/c1-13-14(2)20-17(15(3)19(13)23)10-11-21(4,24-20)12-18(25)22-16-8-6-5-7-9-16/h5-9,23H,10-12H2,1-4H3,(H,22,25). The van der Waals surface area contributed by atoms with Gasteiger partial charge in [0.25, 0.3) is 0 Å². The van der Waals surface area contributed by atoms with E-state index in [1.807, 2.05) is 51.1 Å². The highest BCUT2D eigenvalue weighted by atomic mass is 32.1. The Balaban J connectivity index is 1.80. The molecule has 1 aliphatic heterocycles. The van der Waals surface area contributed by atoms with Gasteiger partial charge >= 0.3 is 0 Å². The summed E-state index contributed by atoms with van der Waals surface area (Å²) in [7, 11) is 0. The highest BCUT2D eigenvalue weighted by molar-refractivity contribution is 7.80. The van der Waals surface area contributed by atoms with Crippen molar-refractivity contribution >= 4 is 22.9 Å². The van der Waals surface area contributed by atoms with Crippen LogP contribution in [-0.4, -0.2) is 15.7 Å². The lowest BCUT2D eigenvalue weighted by atomic mass is 9.85. The number of phenolic OH excluding ortho intramolecular Hbond substituents is 1. The minimum atomic E-state index is -0.341. The van der Waals surface area contributed by atoms with Gasteiger partial charge in [-0.05, 0) is 69.4 Å². The van der Waals surface area contributed by atoms with Gasteiger partial charge in [-0.3, -0.25) is 0 Å². The van der Waals surface area contributed by atoms with Crippen LogP contribution in [0.25, 0.3) is 0 Å². The average Bonchev–Trinajstić information content (AvgIpc) is 2.58. The second-order valence-corrected chi connectivity index (χ2v) is 7.67. The quantitative estimate of drug-likeness (QED) is 0.740. The molecule has 0 saturated carbocycles. The number of ether oxygens (including phenoxy) is 1. The summed E-state index contributed by atoms with van der Waals surface area (Å²) in [6, 6.07) is 9.97. The summed E-state index contributed by atoms with van der Waals surface area (Å²) >= 11 is 5.56. The molecule has 1 unspecified atom stereocenters. The van der Waals surface area contributed by atoms with E-state index in [0.717, 1.165) is 51.5 Å². The van der Waals surface area contributed by atoms with Crippen molar-refractivity contribution < 1.29 is 9.84 Å². The number of thiocarbonyl (C=S) groups is 1. The van der Waals surface area contributed by atoms with Crippen LogP contribution in [0.2, 0.25) is 0 Å². The van der Waals surface area contributed by atoms with E-state index in [-0.39, 0.29) is 5.60 Å². The Morgan fingerprint density at radius 1 is 1.16 bits per heavy atom. The Kier molecular flexibility index (Phi) is 4.74. The van der Waals surface area contributed by atoms with E-state index in [1.165, 1.54) is 0 Å². The fourth-order valence-corrected chi connectivity index (χ4v) is 3.91. The predicted molar refractivity (Wildman–Crippen MR) is 107 cm³/mol. The van der Waals surface area contributed by atoms with E-state index in [2.05, 4.69) is 12.2 Å². The number of anilines is 1. The molecule has 0 aromatic heterocycles. The predicted octanol–water partition coefficient (Wildman–Crippen LogP) is 5.23. The van der Waals surface area contributed by atoms with Gasteiger partial charge < -0.3 is 15.2 Å². The minimum Gasteiger partial charge on any atom is -0.507 e. The molecule has 2 aromatic carbocycles. The Morgan fingerprint density at radius 2 is 1.84 bits per heavy atom. The van der Waals surface area contributed by atoms with Gasteiger partial charge in [0.15, 0.2) is 0 Å². The molecule has 1 atom stereocenters. The second-order valence-electron chi connectivity index (χ2n) is 7.17. The zero-order valence-corrected chi connectivity index (χ0v) is 16.1. The molecule has 0 amide bonds. The number of rotatable bonds is 3. The van der Waals surface area contributed by atoms with Crippen molar-refractivity contribution in [2.24, 2.45) is 0 Å².